The van der Waals surface area contributed by atoms with Gasteiger partial charge in [-0.3, -0.25) is 4.79 Å². The molecule has 0 heterocycles. The lowest BCUT2D eigenvalue weighted by molar-refractivity contribution is -0.146. The Morgan fingerprint density at radius 2 is 2.11 bits per heavy atom. The van der Waals surface area contributed by atoms with Gasteiger partial charge in [0, 0.05) is 0 Å². The second-order valence-electron chi connectivity index (χ2n) is 1.48. The quantitative estimate of drug-likeness (QED) is 0.447. The molecule has 0 spiro atoms. The van der Waals surface area contributed by atoms with E-state index < -0.39 is 11.8 Å². The van der Waals surface area contributed by atoms with Gasteiger partial charge in [0.2, 0.25) is 0 Å². The van der Waals surface area contributed by atoms with E-state index in [2.05, 4.69) is 0 Å². The molecule has 0 aromatic rings. The largest absolute Gasteiger partial charge is 0.475 e. The van der Waals surface area contributed by atoms with Crippen molar-refractivity contribution in [2.45, 2.75) is 13.3 Å². The highest BCUT2D eigenvalue weighted by Gasteiger charge is 2.03. The zero-order chi connectivity index (χ0) is 7.28. The third-order valence-electron chi connectivity index (χ3n) is 0.716. The Balaban J connectivity index is 3.77. The van der Waals surface area contributed by atoms with Gasteiger partial charge in [-0.25, -0.2) is 4.79 Å². The molecule has 0 unspecified atom stereocenters. The van der Waals surface area contributed by atoms with Crippen LogP contribution in [0.15, 0.2) is 12.2 Å². The molecule has 9 heavy (non-hydrogen) atoms. The molecule has 3 heteroatoms. The lowest BCUT2D eigenvalue weighted by atomic mass is 10.3. The number of hydrogen-bond donors (Lipinski definition) is 1. The normalized spacial score (nSPS) is 9.89. The van der Waals surface area contributed by atoms with Gasteiger partial charge in [-0.05, 0) is 12.5 Å². The molecule has 0 aromatic heterocycles. The van der Waals surface area contributed by atoms with Crippen LogP contribution in [0.4, 0.5) is 0 Å². The molecule has 0 radical (unpaired) electrons. The summed E-state index contributed by atoms with van der Waals surface area (Å²) in [6.07, 6.45) is 3.25. The second-order valence-corrected chi connectivity index (χ2v) is 1.48. The molecule has 0 amide bonds. The van der Waals surface area contributed by atoms with E-state index in [9.17, 15) is 9.59 Å². The van der Waals surface area contributed by atoms with Crippen molar-refractivity contribution in [3.8, 4) is 0 Å². The van der Waals surface area contributed by atoms with Crippen molar-refractivity contribution in [1.82, 2.24) is 0 Å². The van der Waals surface area contributed by atoms with Gasteiger partial charge in [0.1, 0.15) is 0 Å². The van der Waals surface area contributed by atoms with Gasteiger partial charge in [-0.2, -0.15) is 0 Å². The van der Waals surface area contributed by atoms with Crippen molar-refractivity contribution < 1.29 is 14.7 Å². The third-order valence-corrected chi connectivity index (χ3v) is 0.716. The first-order valence-corrected chi connectivity index (χ1v) is 2.62. The van der Waals surface area contributed by atoms with Crippen LogP contribution in [0.25, 0.3) is 0 Å². The summed E-state index contributed by atoms with van der Waals surface area (Å²) in [5, 5.41) is 8.01. The first kappa shape index (κ1) is 7.88. The van der Waals surface area contributed by atoms with Crippen molar-refractivity contribution in [3.63, 3.8) is 0 Å². The topological polar surface area (TPSA) is 54.4 Å². The maximum absolute atomic E-state index is 10.2. The highest BCUT2D eigenvalue weighted by molar-refractivity contribution is 6.37. The van der Waals surface area contributed by atoms with Crippen molar-refractivity contribution in [2.24, 2.45) is 0 Å². The molecule has 0 saturated heterocycles. The fraction of sp³-hybridized carbons (Fsp3) is 0.333. The molecular weight excluding hydrogens is 120 g/mol. The Labute approximate surface area is 53.0 Å². The summed E-state index contributed by atoms with van der Waals surface area (Å²) >= 11 is 0. The maximum Gasteiger partial charge on any atom is 0.376 e. The molecule has 0 rings (SSSR count). The highest BCUT2D eigenvalue weighted by atomic mass is 16.4. The van der Waals surface area contributed by atoms with Crippen LogP contribution >= 0.6 is 0 Å². The van der Waals surface area contributed by atoms with Crippen LogP contribution in [0, 0.1) is 0 Å². The van der Waals surface area contributed by atoms with Gasteiger partial charge < -0.3 is 5.11 Å². The highest BCUT2D eigenvalue weighted by Crippen LogP contribution is 1.81. The molecule has 0 aromatic carbocycles. The summed E-state index contributed by atoms with van der Waals surface area (Å²) in [6, 6.07) is 0. The van der Waals surface area contributed by atoms with E-state index in [1.54, 1.807) is 0 Å². The molecule has 0 bridgehead atoms. The summed E-state index contributed by atoms with van der Waals surface area (Å²) < 4.78 is 0. The molecule has 0 aliphatic carbocycles. The van der Waals surface area contributed by atoms with Crippen molar-refractivity contribution in [1.29, 1.82) is 0 Å². The third kappa shape index (κ3) is 3.46. The Morgan fingerprint density at radius 3 is 2.44 bits per heavy atom. The Bertz CT molecular complexity index is 146. The van der Waals surface area contributed by atoms with Crippen LogP contribution < -0.4 is 0 Å². The number of ketones is 1. The molecule has 0 fully saturated rings. The second kappa shape index (κ2) is 3.83. The van der Waals surface area contributed by atoms with Crippen LogP contribution in [0.2, 0.25) is 0 Å². The molecule has 3 nitrogen and oxygen atoms in total. The zero-order valence-electron chi connectivity index (χ0n) is 5.13. The van der Waals surface area contributed by atoms with E-state index in [0.717, 1.165) is 6.08 Å². The molecule has 0 aliphatic heterocycles. The zero-order valence-corrected chi connectivity index (χ0v) is 5.13. The minimum Gasteiger partial charge on any atom is -0.475 e. The average Bonchev–Trinajstić information content (AvgIpc) is 1.82. The van der Waals surface area contributed by atoms with Gasteiger partial charge in [0.25, 0.3) is 5.78 Å². The fourth-order valence-electron chi connectivity index (χ4n) is 0.296. The molecule has 1 N–H and O–H groups in total. The van der Waals surface area contributed by atoms with E-state index in [4.69, 9.17) is 5.11 Å². The lowest BCUT2D eigenvalue weighted by Crippen LogP contribution is -2.08. The molecule has 0 aliphatic rings. The summed E-state index contributed by atoms with van der Waals surface area (Å²) in [5.74, 6) is -2.27. The van der Waals surface area contributed by atoms with E-state index >= 15 is 0 Å². The van der Waals surface area contributed by atoms with Gasteiger partial charge in [0.05, 0.1) is 0 Å². The van der Waals surface area contributed by atoms with E-state index in [-0.39, 0.29) is 0 Å². The number of carbonyl (C=O) groups excluding carboxylic acids is 1. The van der Waals surface area contributed by atoms with Crippen LogP contribution in [-0.4, -0.2) is 16.9 Å². The van der Waals surface area contributed by atoms with Crippen LogP contribution in [0.3, 0.4) is 0 Å². The van der Waals surface area contributed by atoms with Gasteiger partial charge >= 0.3 is 5.97 Å². The minimum absolute atomic E-state index is 0.680. The fourth-order valence-corrected chi connectivity index (χ4v) is 0.296. The summed E-state index contributed by atoms with van der Waals surface area (Å²) in [4.78, 5) is 20.0. The van der Waals surface area contributed by atoms with Crippen molar-refractivity contribution in [2.75, 3.05) is 0 Å². The Morgan fingerprint density at radius 1 is 1.56 bits per heavy atom. The molecule has 0 atom stereocenters. The van der Waals surface area contributed by atoms with E-state index in [1.165, 1.54) is 6.08 Å². The van der Waals surface area contributed by atoms with E-state index in [0.29, 0.717) is 6.42 Å². The Hall–Kier alpha value is -1.12. The monoisotopic (exact) mass is 128 g/mol. The number of carboxylic acids is 1. The first-order valence-electron chi connectivity index (χ1n) is 2.62. The van der Waals surface area contributed by atoms with Crippen molar-refractivity contribution >= 4 is 11.8 Å². The van der Waals surface area contributed by atoms with Crippen LogP contribution in [0.5, 0.6) is 0 Å². The summed E-state index contributed by atoms with van der Waals surface area (Å²) in [7, 11) is 0. The maximum atomic E-state index is 10.2. The number of carboxylic acid groups (broad SMARTS) is 1. The predicted octanol–water partition coefficient (Wildman–Crippen LogP) is 0.606. The number of allylic oxidation sites excluding steroid dienone is 1. The Kier molecular flexibility index (Phi) is 3.35. The average molecular weight is 128 g/mol. The van der Waals surface area contributed by atoms with Gasteiger partial charge in [-0.1, -0.05) is 13.0 Å². The summed E-state index contributed by atoms with van der Waals surface area (Å²) in [5.41, 5.74) is 0. The smallest absolute Gasteiger partial charge is 0.376 e. The predicted molar refractivity (Wildman–Crippen MR) is 32.1 cm³/mol. The number of carbonyl (C=O) groups is 2. The first-order chi connectivity index (χ1) is 4.18. The molecule has 50 valence electrons. The van der Waals surface area contributed by atoms with Crippen molar-refractivity contribution in [3.05, 3.63) is 12.2 Å². The summed E-state index contributed by atoms with van der Waals surface area (Å²) in [6.45, 7) is 1.83. The van der Waals surface area contributed by atoms with E-state index in [1.807, 2.05) is 6.92 Å². The molecule has 0 saturated carbocycles. The van der Waals surface area contributed by atoms with Crippen LogP contribution in [-0.2, 0) is 9.59 Å². The standard InChI is InChI=1S/C6H8O3/c1-2-3-4-5(7)6(8)9/h3-4H,2H2,1H3,(H,8,9)/b4-3+. The van der Waals surface area contributed by atoms with Crippen LogP contribution in [0.1, 0.15) is 13.3 Å². The molecular formula is C6H8O3. The lowest BCUT2D eigenvalue weighted by Gasteiger charge is -1.80. The number of hydrogen-bond acceptors (Lipinski definition) is 2. The number of rotatable bonds is 3. The van der Waals surface area contributed by atoms with Gasteiger partial charge in [0.15, 0.2) is 0 Å². The van der Waals surface area contributed by atoms with Gasteiger partial charge in [-0.15, -0.1) is 0 Å². The SMILES string of the molecule is CC/C=C/C(=O)C(=O)O. The number of aliphatic carboxylic acids is 1. The minimum atomic E-state index is -1.40.